The van der Waals surface area contributed by atoms with Gasteiger partial charge in [0, 0.05) is 0 Å². The molecule has 0 aliphatic rings. The maximum absolute atomic E-state index is 5.64. The summed E-state index contributed by atoms with van der Waals surface area (Å²) >= 11 is 30.6. The van der Waals surface area contributed by atoms with Crippen LogP contribution in [0.4, 0.5) is 0 Å². The summed E-state index contributed by atoms with van der Waals surface area (Å²) in [5.74, 6) is 0. The van der Waals surface area contributed by atoms with E-state index in [0.29, 0.717) is 6.61 Å². The third-order valence-electron chi connectivity index (χ3n) is 1.11. The Kier molecular flexibility index (Phi) is 9.43. The molecule has 0 spiro atoms. The average Bonchev–Trinajstić information content (AvgIpc) is 1.99. The lowest BCUT2D eigenvalue weighted by atomic mass is 10.5. The summed E-state index contributed by atoms with van der Waals surface area (Å²) in [6.07, 6.45) is 0. The van der Waals surface area contributed by atoms with Crippen LogP contribution in [0, 0.1) is 0 Å². The van der Waals surface area contributed by atoms with Crippen molar-refractivity contribution in [1.82, 2.24) is 0 Å². The van der Waals surface area contributed by atoms with Crippen LogP contribution in [-0.2, 0) is 4.74 Å². The fourth-order valence-corrected chi connectivity index (χ4v) is 1.40. The summed E-state index contributed by atoms with van der Waals surface area (Å²) in [6.45, 7) is 0.360. The molecule has 0 aliphatic heterocycles. The molecule has 0 atom stereocenters. The SMILES string of the molecule is BrC(Br)C(Br)(Br)OCC(Br)(Br)C(Br)(Br)Br. The summed E-state index contributed by atoms with van der Waals surface area (Å²) in [5, 5.41) is 0. The Bertz CT molecular complexity index is 207. The van der Waals surface area contributed by atoms with Crippen molar-refractivity contribution in [2.45, 2.75) is 12.5 Å². The molecule has 0 saturated carbocycles. The molecular formula is C5H3Br9O. The van der Waals surface area contributed by atoms with Gasteiger partial charge in [0.25, 0.3) is 0 Å². The molecular weight excluding hydrogens is 795 g/mol. The second-order valence-corrected chi connectivity index (χ2v) is 19.4. The zero-order chi connectivity index (χ0) is 12.5. The van der Waals surface area contributed by atoms with Gasteiger partial charge in [0.2, 0.25) is 0 Å². The van der Waals surface area contributed by atoms with Gasteiger partial charge in [-0.1, -0.05) is 112 Å². The third-order valence-corrected chi connectivity index (χ3v) is 13.1. The molecule has 92 valence electrons. The Labute approximate surface area is 164 Å². The number of alkyl halides is 9. The largest absolute Gasteiger partial charge is 0.349 e. The number of hydrogen-bond donors (Lipinski definition) is 0. The van der Waals surface area contributed by atoms with Crippen molar-refractivity contribution in [2.75, 3.05) is 6.61 Å². The van der Waals surface area contributed by atoms with Crippen LogP contribution in [0.15, 0.2) is 0 Å². The van der Waals surface area contributed by atoms with E-state index in [2.05, 4.69) is 143 Å². The van der Waals surface area contributed by atoms with Gasteiger partial charge in [-0.3, -0.25) is 0 Å². The Morgan fingerprint density at radius 1 is 0.867 bits per heavy atom. The molecule has 0 radical (unpaired) electrons. The topological polar surface area (TPSA) is 9.23 Å². The molecule has 15 heavy (non-hydrogen) atoms. The zero-order valence-corrected chi connectivity index (χ0v) is 20.9. The van der Waals surface area contributed by atoms with Gasteiger partial charge in [-0.25, -0.2) is 0 Å². The van der Waals surface area contributed by atoms with Crippen molar-refractivity contribution < 1.29 is 4.74 Å². The second kappa shape index (κ2) is 7.33. The minimum atomic E-state index is -0.689. The summed E-state index contributed by atoms with van der Waals surface area (Å²) in [7, 11) is 0. The van der Waals surface area contributed by atoms with Crippen molar-refractivity contribution in [2.24, 2.45) is 0 Å². The highest BCUT2D eigenvalue weighted by Crippen LogP contribution is 2.54. The highest BCUT2D eigenvalue weighted by molar-refractivity contribution is 9.41. The summed E-state index contributed by atoms with van der Waals surface area (Å²) in [5.41, 5.74) is 0. The van der Waals surface area contributed by atoms with E-state index in [9.17, 15) is 0 Å². The van der Waals surface area contributed by atoms with E-state index >= 15 is 0 Å². The maximum Gasteiger partial charge on any atom is 0.200 e. The molecule has 0 N–H and O–H groups in total. The van der Waals surface area contributed by atoms with Gasteiger partial charge in [0.15, 0.2) is 5.56 Å². The molecule has 0 bridgehead atoms. The van der Waals surface area contributed by atoms with Crippen LogP contribution in [-0.4, -0.2) is 19.1 Å². The van der Waals surface area contributed by atoms with Gasteiger partial charge >= 0.3 is 0 Å². The maximum atomic E-state index is 5.64. The van der Waals surface area contributed by atoms with Gasteiger partial charge in [-0.2, -0.15) is 0 Å². The predicted molar refractivity (Wildman–Crippen MR) is 98.3 cm³/mol. The number of rotatable bonds is 4. The van der Waals surface area contributed by atoms with Crippen LogP contribution in [0.5, 0.6) is 0 Å². The van der Waals surface area contributed by atoms with Crippen molar-refractivity contribution >= 4 is 143 Å². The second-order valence-electron chi connectivity index (χ2n) is 2.35. The van der Waals surface area contributed by atoms with Crippen LogP contribution in [0.25, 0.3) is 0 Å². The smallest absolute Gasteiger partial charge is 0.200 e. The minimum Gasteiger partial charge on any atom is -0.349 e. The summed E-state index contributed by atoms with van der Waals surface area (Å²) in [6, 6.07) is 0. The lowest BCUT2D eigenvalue weighted by Crippen LogP contribution is -2.38. The summed E-state index contributed by atoms with van der Waals surface area (Å²) in [4.78, 5) is 0. The lowest BCUT2D eigenvalue weighted by Gasteiger charge is -2.32. The van der Waals surface area contributed by atoms with E-state index in [1.807, 2.05) is 0 Å². The van der Waals surface area contributed by atoms with E-state index in [1.165, 1.54) is 0 Å². The Hall–Kier alpha value is 4.28. The predicted octanol–water partition coefficient (Wildman–Crippen LogP) is 6.89. The van der Waals surface area contributed by atoms with Gasteiger partial charge in [0.1, 0.15) is 6.97 Å². The molecule has 0 aromatic carbocycles. The molecule has 0 aliphatic carbocycles. The van der Waals surface area contributed by atoms with Gasteiger partial charge in [-0.05, 0) is 31.9 Å². The Morgan fingerprint density at radius 2 is 1.27 bits per heavy atom. The van der Waals surface area contributed by atoms with E-state index in [4.69, 9.17) is 4.74 Å². The third kappa shape index (κ3) is 7.02. The highest BCUT2D eigenvalue weighted by atomic mass is 80.0. The van der Waals surface area contributed by atoms with Crippen LogP contribution in [0.2, 0.25) is 0 Å². The standard InChI is InChI=1S/C5H3Br9O/c6-2(7)4(10,11)15-1-3(8,9)5(12,13)14/h2H,1H2. The van der Waals surface area contributed by atoms with E-state index < -0.39 is 8.80 Å². The van der Waals surface area contributed by atoms with Crippen LogP contribution < -0.4 is 0 Å². The Morgan fingerprint density at radius 3 is 1.53 bits per heavy atom. The molecule has 10 heteroatoms. The normalized spacial score (nSPS) is 14.8. The lowest BCUT2D eigenvalue weighted by molar-refractivity contribution is 0.111. The van der Waals surface area contributed by atoms with Crippen molar-refractivity contribution in [3.8, 4) is 0 Å². The molecule has 1 nitrogen and oxygen atoms in total. The molecule has 0 unspecified atom stereocenters. The van der Waals surface area contributed by atoms with Crippen LogP contribution >= 0.6 is 143 Å². The number of ether oxygens (including phenoxy) is 1. The first kappa shape index (κ1) is 19.3. The molecule has 0 amide bonds. The Balaban J connectivity index is 4.40. The fourth-order valence-electron chi connectivity index (χ4n) is 0.332. The molecule has 0 rings (SSSR count). The molecule has 0 heterocycles. The van der Waals surface area contributed by atoms with Crippen molar-refractivity contribution in [3.05, 3.63) is 0 Å². The number of hydrogen-bond acceptors (Lipinski definition) is 1. The monoisotopic (exact) mass is 789 g/mol. The van der Waals surface area contributed by atoms with Crippen LogP contribution in [0.3, 0.4) is 0 Å². The highest BCUT2D eigenvalue weighted by Gasteiger charge is 2.45. The van der Waals surface area contributed by atoms with Gasteiger partial charge in [-0.15, -0.1) is 0 Å². The average molecular weight is 798 g/mol. The quantitative estimate of drug-likeness (QED) is 0.282. The first-order chi connectivity index (χ1) is 6.40. The van der Waals surface area contributed by atoms with E-state index in [-0.39, 0.29) is 3.74 Å². The van der Waals surface area contributed by atoms with Crippen molar-refractivity contribution in [3.63, 3.8) is 0 Å². The molecule has 0 aromatic heterocycles. The fraction of sp³-hybridized carbons (Fsp3) is 1.00. The molecule has 0 fully saturated rings. The minimum absolute atomic E-state index is 0.0799. The first-order valence-corrected chi connectivity index (χ1v) is 10.5. The van der Waals surface area contributed by atoms with Crippen molar-refractivity contribution in [1.29, 1.82) is 0 Å². The van der Waals surface area contributed by atoms with Gasteiger partial charge < -0.3 is 4.74 Å². The molecule has 0 saturated heterocycles. The number of halogens is 9. The summed E-state index contributed by atoms with van der Waals surface area (Å²) < 4.78 is 3.83. The van der Waals surface area contributed by atoms with Crippen LogP contribution in [0.1, 0.15) is 0 Å². The molecule has 0 aromatic rings. The van der Waals surface area contributed by atoms with Gasteiger partial charge in [0.05, 0.1) is 6.61 Å². The van der Waals surface area contributed by atoms with E-state index in [0.717, 1.165) is 0 Å². The first-order valence-electron chi connectivity index (χ1n) is 3.14. The van der Waals surface area contributed by atoms with E-state index in [1.54, 1.807) is 0 Å². The zero-order valence-electron chi connectivity index (χ0n) is 6.59.